The van der Waals surface area contributed by atoms with Crippen LogP contribution in [-0.2, 0) is 0 Å². The SMILES string of the molecule is CC(C)[C@@H](O)[C@@H](O)C(=O)c1ccccc1. The molecule has 82 valence electrons. The summed E-state index contributed by atoms with van der Waals surface area (Å²) < 4.78 is 0. The average Bonchev–Trinajstić information content (AvgIpc) is 2.27. The van der Waals surface area contributed by atoms with Gasteiger partial charge in [-0.2, -0.15) is 0 Å². The highest BCUT2D eigenvalue weighted by Gasteiger charge is 2.27. The first-order valence-corrected chi connectivity index (χ1v) is 4.99. The molecule has 0 amide bonds. The molecule has 0 bridgehead atoms. The predicted molar refractivity (Wildman–Crippen MR) is 57.6 cm³/mol. The van der Waals surface area contributed by atoms with E-state index in [4.69, 9.17) is 0 Å². The Morgan fingerprint density at radius 2 is 1.67 bits per heavy atom. The van der Waals surface area contributed by atoms with Crippen LogP contribution in [0.3, 0.4) is 0 Å². The van der Waals surface area contributed by atoms with Crippen molar-refractivity contribution in [3.8, 4) is 0 Å². The van der Waals surface area contributed by atoms with Gasteiger partial charge >= 0.3 is 0 Å². The summed E-state index contributed by atoms with van der Waals surface area (Å²) in [5.74, 6) is -0.579. The highest BCUT2D eigenvalue weighted by atomic mass is 16.3. The van der Waals surface area contributed by atoms with Crippen molar-refractivity contribution >= 4 is 5.78 Å². The number of carbonyl (C=O) groups is 1. The number of Topliss-reactive ketones (excluding diaryl/α,β-unsaturated/α-hetero) is 1. The van der Waals surface area contributed by atoms with Gasteiger partial charge in [0.15, 0.2) is 5.78 Å². The van der Waals surface area contributed by atoms with Crippen LogP contribution in [0, 0.1) is 5.92 Å². The van der Waals surface area contributed by atoms with E-state index >= 15 is 0 Å². The van der Waals surface area contributed by atoms with Crippen LogP contribution in [0.5, 0.6) is 0 Å². The van der Waals surface area contributed by atoms with Crippen molar-refractivity contribution in [1.29, 1.82) is 0 Å². The van der Waals surface area contributed by atoms with Crippen LogP contribution < -0.4 is 0 Å². The van der Waals surface area contributed by atoms with E-state index in [1.165, 1.54) is 0 Å². The second-order valence-electron chi connectivity index (χ2n) is 3.91. The zero-order valence-electron chi connectivity index (χ0n) is 8.92. The number of aliphatic hydroxyl groups excluding tert-OH is 2. The van der Waals surface area contributed by atoms with Crippen molar-refractivity contribution in [1.82, 2.24) is 0 Å². The number of hydrogen-bond acceptors (Lipinski definition) is 3. The molecule has 15 heavy (non-hydrogen) atoms. The van der Waals surface area contributed by atoms with Crippen molar-refractivity contribution in [3.05, 3.63) is 35.9 Å². The maximum Gasteiger partial charge on any atom is 0.193 e. The molecule has 0 saturated heterocycles. The third kappa shape index (κ3) is 2.88. The Balaban J connectivity index is 2.78. The normalized spacial score (nSPS) is 15.0. The molecule has 0 unspecified atom stereocenters. The first-order chi connectivity index (χ1) is 7.04. The highest BCUT2D eigenvalue weighted by Crippen LogP contribution is 2.11. The summed E-state index contributed by atoms with van der Waals surface area (Å²) in [6.07, 6.45) is -2.36. The fraction of sp³-hybridized carbons (Fsp3) is 0.417. The van der Waals surface area contributed by atoms with Gasteiger partial charge in [-0.3, -0.25) is 4.79 Å². The van der Waals surface area contributed by atoms with Crippen LogP contribution >= 0.6 is 0 Å². The topological polar surface area (TPSA) is 57.5 Å². The van der Waals surface area contributed by atoms with Gasteiger partial charge in [0.25, 0.3) is 0 Å². The molecule has 0 saturated carbocycles. The quantitative estimate of drug-likeness (QED) is 0.732. The molecule has 0 aliphatic carbocycles. The first-order valence-electron chi connectivity index (χ1n) is 4.99. The lowest BCUT2D eigenvalue weighted by Crippen LogP contribution is -2.37. The van der Waals surface area contributed by atoms with E-state index in [9.17, 15) is 15.0 Å². The van der Waals surface area contributed by atoms with Gasteiger partial charge < -0.3 is 10.2 Å². The molecule has 0 aromatic heterocycles. The fourth-order valence-electron chi connectivity index (χ4n) is 1.29. The van der Waals surface area contributed by atoms with Gasteiger partial charge in [0.1, 0.15) is 6.10 Å². The molecule has 1 aromatic rings. The molecule has 0 aliphatic heterocycles. The van der Waals surface area contributed by atoms with Gasteiger partial charge in [-0.15, -0.1) is 0 Å². The van der Waals surface area contributed by atoms with Gasteiger partial charge in [0.05, 0.1) is 6.10 Å². The van der Waals surface area contributed by atoms with Crippen molar-refractivity contribution in [3.63, 3.8) is 0 Å². The van der Waals surface area contributed by atoms with E-state index in [0.29, 0.717) is 5.56 Å². The average molecular weight is 208 g/mol. The lowest BCUT2D eigenvalue weighted by molar-refractivity contribution is 0.000632. The standard InChI is InChI=1S/C12H16O3/c1-8(2)10(13)12(15)11(14)9-6-4-3-5-7-9/h3-8,10,12-13,15H,1-2H3/t10-,12-/m1/s1. The zero-order chi connectivity index (χ0) is 11.4. The summed E-state index contributed by atoms with van der Waals surface area (Å²) in [6.45, 7) is 3.51. The highest BCUT2D eigenvalue weighted by molar-refractivity contribution is 5.99. The maximum atomic E-state index is 11.7. The monoisotopic (exact) mass is 208 g/mol. The number of ketones is 1. The van der Waals surface area contributed by atoms with Crippen molar-refractivity contribution in [2.45, 2.75) is 26.1 Å². The number of rotatable bonds is 4. The molecule has 0 heterocycles. The fourth-order valence-corrected chi connectivity index (χ4v) is 1.29. The van der Waals surface area contributed by atoms with Crippen LogP contribution in [0.25, 0.3) is 0 Å². The molecule has 0 fully saturated rings. The molecular weight excluding hydrogens is 192 g/mol. The predicted octanol–water partition coefficient (Wildman–Crippen LogP) is 1.25. The number of hydrogen-bond donors (Lipinski definition) is 2. The molecule has 3 nitrogen and oxygen atoms in total. The van der Waals surface area contributed by atoms with E-state index in [0.717, 1.165) is 0 Å². The Morgan fingerprint density at radius 3 is 2.13 bits per heavy atom. The lowest BCUT2D eigenvalue weighted by Gasteiger charge is -2.19. The summed E-state index contributed by atoms with van der Waals surface area (Å²) in [6, 6.07) is 8.49. The zero-order valence-corrected chi connectivity index (χ0v) is 8.92. The summed E-state index contributed by atoms with van der Waals surface area (Å²) >= 11 is 0. The molecule has 2 N–H and O–H groups in total. The van der Waals surface area contributed by atoms with Crippen LogP contribution in [-0.4, -0.2) is 28.2 Å². The molecule has 3 heteroatoms. The number of aliphatic hydroxyl groups is 2. The van der Waals surface area contributed by atoms with Gasteiger partial charge in [-0.05, 0) is 5.92 Å². The molecule has 0 spiro atoms. The third-order valence-electron chi connectivity index (χ3n) is 2.33. The second kappa shape index (κ2) is 5.05. The molecule has 0 radical (unpaired) electrons. The van der Waals surface area contributed by atoms with E-state index in [1.807, 2.05) is 0 Å². The van der Waals surface area contributed by atoms with Gasteiger partial charge in [-0.1, -0.05) is 44.2 Å². The largest absolute Gasteiger partial charge is 0.390 e. The van der Waals surface area contributed by atoms with Crippen LogP contribution in [0.15, 0.2) is 30.3 Å². The van der Waals surface area contributed by atoms with Crippen molar-refractivity contribution < 1.29 is 15.0 Å². The molecule has 1 aromatic carbocycles. The van der Waals surface area contributed by atoms with Gasteiger partial charge in [0.2, 0.25) is 0 Å². The molecule has 0 aliphatic rings. The Hall–Kier alpha value is -1.19. The lowest BCUT2D eigenvalue weighted by atomic mass is 9.95. The molecular formula is C12H16O3. The van der Waals surface area contributed by atoms with Crippen molar-refractivity contribution in [2.75, 3.05) is 0 Å². The van der Waals surface area contributed by atoms with E-state index in [-0.39, 0.29) is 5.92 Å². The summed E-state index contributed by atoms with van der Waals surface area (Å²) in [5.41, 5.74) is 0.421. The second-order valence-corrected chi connectivity index (χ2v) is 3.91. The minimum atomic E-state index is -1.34. The molecule has 2 atom stereocenters. The van der Waals surface area contributed by atoms with Crippen LogP contribution in [0.1, 0.15) is 24.2 Å². The third-order valence-corrected chi connectivity index (χ3v) is 2.33. The van der Waals surface area contributed by atoms with Crippen LogP contribution in [0.4, 0.5) is 0 Å². The minimum Gasteiger partial charge on any atom is -0.390 e. The maximum absolute atomic E-state index is 11.7. The van der Waals surface area contributed by atoms with E-state index in [2.05, 4.69) is 0 Å². The Bertz CT molecular complexity index is 319. The Morgan fingerprint density at radius 1 is 1.13 bits per heavy atom. The summed E-state index contributed by atoms with van der Waals surface area (Å²) in [4.78, 5) is 11.7. The van der Waals surface area contributed by atoms with E-state index in [1.54, 1.807) is 44.2 Å². The smallest absolute Gasteiger partial charge is 0.193 e. The summed E-state index contributed by atoms with van der Waals surface area (Å²) in [5, 5.41) is 19.2. The minimum absolute atomic E-state index is 0.146. The Kier molecular flexibility index (Phi) is 4.00. The number of benzene rings is 1. The van der Waals surface area contributed by atoms with Crippen LogP contribution in [0.2, 0.25) is 0 Å². The van der Waals surface area contributed by atoms with E-state index < -0.39 is 18.0 Å². The van der Waals surface area contributed by atoms with Crippen molar-refractivity contribution in [2.24, 2.45) is 5.92 Å². The molecule has 1 rings (SSSR count). The summed E-state index contributed by atoms with van der Waals surface area (Å²) in [7, 11) is 0. The van der Waals surface area contributed by atoms with Gasteiger partial charge in [0, 0.05) is 5.56 Å². The Labute approximate surface area is 89.4 Å². The number of carbonyl (C=O) groups excluding carboxylic acids is 1. The first kappa shape index (κ1) is 11.9. The van der Waals surface area contributed by atoms with Gasteiger partial charge in [-0.25, -0.2) is 0 Å².